The number of nitrogens with one attached hydrogen (secondary N) is 1. The molecule has 0 aliphatic carbocycles. The molecular formula is C17H26N2O4S. The first-order valence-electron chi connectivity index (χ1n) is 8.20. The Balaban J connectivity index is 1.94. The number of benzene rings is 1. The van der Waals surface area contributed by atoms with Gasteiger partial charge in [-0.05, 0) is 38.8 Å². The number of amides is 1. The quantitative estimate of drug-likeness (QED) is 0.841. The zero-order chi connectivity index (χ0) is 17.7. The minimum Gasteiger partial charge on any atom is -0.383 e. The van der Waals surface area contributed by atoms with E-state index in [4.69, 9.17) is 4.74 Å². The predicted octanol–water partition coefficient (Wildman–Crippen LogP) is 1.55. The Labute approximate surface area is 144 Å². The highest BCUT2D eigenvalue weighted by atomic mass is 32.2. The van der Waals surface area contributed by atoms with Crippen LogP contribution in [0.2, 0.25) is 0 Å². The van der Waals surface area contributed by atoms with Crippen LogP contribution in [0.15, 0.2) is 29.2 Å². The van der Waals surface area contributed by atoms with Gasteiger partial charge in [0.25, 0.3) is 0 Å². The van der Waals surface area contributed by atoms with E-state index in [2.05, 4.69) is 5.32 Å². The maximum atomic E-state index is 12.6. The summed E-state index contributed by atoms with van der Waals surface area (Å²) in [5.41, 5.74) is 1.02. The average molecular weight is 354 g/mol. The van der Waals surface area contributed by atoms with Gasteiger partial charge in [-0.1, -0.05) is 17.7 Å². The van der Waals surface area contributed by atoms with Crippen LogP contribution in [-0.4, -0.2) is 51.5 Å². The molecule has 0 spiro atoms. The standard InChI is InChI=1S/C17H26N2O4S/c1-13-4-6-16(7-5-13)24(21,22)19-10-8-15(9-11-19)17(20)18-14(2)12-23-3/h4-7,14-15H,8-12H2,1-3H3,(H,18,20). The van der Waals surface area contributed by atoms with Gasteiger partial charge >= 0.3 is 0 Å². The summed E-state index contributed by atoms with van der Waals surface area (Å²) >= 11 is 0. The fourth-order valence-electron chi connectivity index (χ4n) is 2.87. The van der Waals surface area contributed by atoms with Crippen LogP contribution in [0.5, 0.6) is 0 Å². The van der Waals surface area contributed by atoms with Crippen molar-refractivity contribution < 1.29 is 17.9 Å². The van der Waals surface area contributed by atoms with E-state index in [9.17, 15) is 13.2 Å². The molecule has 6 nitrogen and oxygen atoms in total. The first kappa shape index (κ1) is 18.9. The highest BCUT2D eigenvalue weighted by Crippen LogP contribution is 2.24. The van der Waals surface area contributed by atoms with Crippen molar-refractivity contribution in [3.63, 3.8) is 0 Å². The van der Waals surface area contributed by atoms with Crippen molar-refractivity contribution in [2.75, 3.05) is 26.8 Å². The average Bonchev–Trinajstić information content (AvgIpc) is 2.55. The van der Waals surface area contributed by atoms with Crippen LogP contribution >= 0.6 is 0 Å². The molecule has 1 amide bonds. The third kappa shape index (κ3) is 4.55. The summed E-state index contributed by atoms with van der Waals surface area (Å²) in [6.07, 6.45) is 1.08. The van der Waals surface area contributed by atoms with Crippen LogP contribution in [0.25, 0.3) is 0 Å². The van der Waals surface area contributed by atoms with E-state index >= 15 is 0 Å². The van der Waals surface area contributed by atoms with E-state index in [-0.39, 0.29) is 17.9 Å². The van der Waals surface area contributed by atoms with Crippen LogP contribution in [0, 0.1) is 12.8 Å². The molecule has 134 valence electrons. The van der Waals surface area contributed by atoms with E-state index in [1.54, 1.807) is 31.4 Å². The summed E-state index contributed by atoms with van der Waals surface area (Å²) in [5.74, 6) is -0.166. The van der Waals surface area contributed by atoms with Crippen molar-refractivity contribution in [3.8, 4) is 0 Å². The second-order valence-corrected chi connectivity index (χ2v) is 8.29. The SMILES string of the molecule is COCC(C)NC(=O)C1CCN(S(=O)(=O)c2ccc(C)cc2)CC1. The Hall–Kier alpha value is -1.44. The Kier molecular flexibility index (Phi) is 6.37. The number of aryl methyl sites for hydroxylation is 1. The van der Waals surface area contributed by atoms with Gasteiger partial charge in [0.15, 0.2) is 0 Å². The van der Waals surface area contributed by atoms with Gasteiger partial charge in [-0.15, -0.1) is 0 Å². The molecule has 1 N–H and O–H groups in total. The molecular weight excluding hydrogens is 328 g/mol. The molecule has 1 aliphatic rings. The molecule has 0 bridgehead atoms. The van der Waals surface area contributed by atoms with Gasteiger partial charge in [0, 0.05) is 32.2 Å². The predicted molar refractivity (Wildman–Crippen MR) is 92.1 cm³/mol. The van der Waals surface area contributed by atoms with E-state index in [1.807, 2.05) is 13.8 Å². The van der Waals surface area contributed by atoms with Crippen LogP contribution in [0.3, 0.4) is 0 Å². The minimum absolute atomic E-state index is 0.0214. The summed E-state index contributed by atoms with van der Waals surface area (Å²) in [4.78, 5) is 12.5. The lowest BCUT2D eigenvalue weighted by Crippen LogP contribution is -2.45. The van der Waals surface area contributed by atoms with Gasteiger partial charge in [-0.3, -0.25) is 4.79 Å². The normalized spacial score (nSPS) is 18.3. The summed E-state index contributed by atoms with van der Waals surface area (Å²) < 4.78 is 31.8. The molecule has 7 heteroatoms. The van der Waals surface area contributed by atoms with Gasteiger partial charge < -0.3 is 10.1 Å². The van der Waals surface area contributed by atoms with E-state index in [1.165, 1.54) is 4.31 Å². The van der Waals surface area contributed by atoms with Crippen molar-refractivity contribution in [2.24, 2.45) is 5.92 Å². The number of rotatable bonds is 6. The molecule has 1 heterocycles. The number of carbonyl (C=O) groups is 1. The molecule has 1 aromatic rings. The molecule has 1 fully saturated rings. The van der Waals surface area contributed by atoms with E-state index < -0.39 is 10.0 Å². The largest absolute Gasteiger partial charge is 0.383 e. The number of sulfonamides is 1. The highest BCUT2D eigenvalue weighted by molar-refractivity contribution is 7.89. The molecule has 1 aliphatic heterocycles. The van der Waals surface area contributed by atoms with Crippen molar-refractivity contribution in [1.82, 2.24) is 9.62 Å². The van der Waals surface area contributed by atoms with E-state index in [0.29, 0.717) is 37.4 Å². The van der Waals surface area contributed by atoms with Crippen molar-refractivity contribution in [1.29, 1.82) is 0 Å². The number of hydrogen-bond donors (Lipinski definition) is 1. The summed E-state index contributed by atoms with van der Waals surface area (Å²) in [6.45, 7) is 5.01. The minimum atomic E-state index is -3.48. The number of ether oxygens (including phenoxy) is 1. The summed E-state index contributed by atoms with van der Waals surface area (Å²) in [7, 11) is -1.88. The zero-order valence-corrected chi connectivity index (χ0v) is 15.3. The summed E-state index contributed by atoms with van der Waals surface area (Å²) in [6, 6.07) is 6.82. The maximum Gasteiger partial charge on any atom is 0.243 e. The lowest BCUT2D eigenvalue weighted by atomic mass is 9.97. The molecule has 1 unspecified atom stereocenters. The molecule has 1 saturated heterocycles. The van der Waals surface area contributed by atoms with Gasteiger partial charge in [-0.2, -0.15) is 4.31 Å². The molecule has 1 atom stereocenters. The number of carbonyl (C=O) groups excluding carboxylic acids is 1. The number of methoxy groups -OCH3 is 1. The number of hydrogen-bond acceptors (Lipinski definition) is 4. The molecule has 0 aromatic heterocycles. The monoisotopic (exact) mass is 354 g/mol. The van der Waals surface area contributed by atoms with Crippen molar-refractivity contribution in [3.05, 3.63) is 29.8 Å². The van der Waals surface area contributed by atoms with Crippen LogP contribution in [-0.2, 0) is 19.6 Å². The molecule has 2 rings (SSSR count). The third-order valence-electron chi connectivity index (χ3n) is 4.29. The van der Waals surface area contributed by atoms with Gasteiger partial charge in [0.1, 0.15) is 0 Å². The van der Waals surface area contributed by atoms with Crippen molar-refractivity contribution in [2.45, 2.75) is 37.6 Å². The second kappa shape index (κ2) is 8.09. The Morgan fingerprint density at radius 1 is 1.29 bits per heavy atom. The Morgan fingerprint density at radius 3 is 2.42 bits per heavy atom. The van der Waals surface area contributed by atoms with Crippen LogP contribution in [0.4, 0.5) is 0 Å². The smallest absolute Gasteiger partial charge is 0.243 e. The highest BCUT2D eigenvalue weighted by Gasteiger charge is 2.32. The van der Waals surface area contributed by atoms with Gasteiger partial charge in [0.2, 0.25) is 15.9 Å². The molecule has 0 radical (unpaired) electrons. The fraction of sp³-hybridized carbons (Fsp3) is 0.588. The van der Waals surface area contributed by atoms with Gasteiger partial charge in [0.05, 0.1) is 11.5 Å². The molecule has 1 aromatic carbocycles. The second-order valence-electron chi connectivity index (χ2n) is 6.36. The fourth-order valence-corrected chi connectivity index (χ4v) is 4.34. The first-order valence-corrected chi connectivity index (χ1v) is 9.64. The first-order chi connectivity index (χ1) is 11.3. The van der Waals surface area contributed by atoms with Crippen LogP contribution in [0.1, 0.15) is 25.3 Å². The maximum absolute atomic E-state index is 12.6. The summed E-state index contributed by atoms with van der Waals surface area (Å²) in [5, 5.41) is 2.91. The molecule has 24 heavy (non-hydrogen) atoms. The molecule has 0 saturated carbocycles. The third-order valence-corrected chi connectivity index (χ3v) is 6.20. The van der Waals surface area contributed by atoms with Gasteiger partial charge in [-0.25, -0.2) is 8.42 Å². The lowest BCUT2D eigenvalue weighted by molar-refractivity contribution is -0.127. The lowest BCUT2D eigenvalue weighted by Gasteiger charge is -2.31. The van der Waals surface area contributed by atoms with E-state index in [0.717, 1.165) is 5.56 Å². The topological polar surface area (TPSA) is 75.7 Å². The zero-order valence-electron chi connectivity index (χ0n) is 14.5. The Morgan fingerprint density at radius 2 is 1.88 bits per heavy atom. The van der Waals surface area contributed by atoms with Crippen LogP contribution < -0.4 is 5.32 Å². The Bertz CT molecular complexity index is 650. The number of nitrogens with zero attached hydrogens (tertiary/aromatic N) is 1. The number of piperidine rings is 1. The van der Waals surface area contributed by atoms with Crippen molar-refractivity contribution >= 4 is 15.9 Å².